The van der Waals surface area contributed by atoms with E-state index in [2.05, 4.69) is 0 Å². The van der Waals surface area contributed by atoms with E-state index in [-0.39, 0.29) is 37.4 Å². The summed E-state index contributed by atoms with van der Waals surface area (Å²) < 4.78 is 51.3. The molecule has 12 heavy (non-hydrogen) atoms. The van der Waals surface area contributed by atoms with Crippen LogP contribution in [0, 0.1) is 5.89 Å². The van der Waals surface area contributed by atoms with Gasteiger partial charge in [0.05, 0.1) is 5.89 Å². The molecular formula is C8H17NaO3. The van der Waals surface area contributed by atoms with E-state index in [4.69, 9.17) is 19.8 Å². The maximum Gasteiger partial charge on any atom is 1.00 e. The molecule has 0 aliphatic carbocycles. The maximum atomic E-state index is 11.0. The van der Waals surface area contributed by atoms with Crippen LogP contribution in [0.2, 0.25) is 0 Å². The Morgan fingerprint density at radius 1 is 1.92 bits per heavy atom. The monoisotopic (exact) mass is 191 g/mol. The molecule has 0 aromatic heterocycles. The summed E-state index contributed by atoms with van der Waals surface area (Å²) in [5, 5.41) is 17.6. The summed E-state index contributed by atoms with van der Waals surface area (Å²) in [6, 6.07) is 0. The Morgan fingerprint density at radius 2 is 2.58 bits per heavy atom. The van der Waals surface area contributed by atoms with Crippen molar-refractivity contribution in [3.63, 3.8) is 0 Å². The second-order valence-corrected chi connectivity index (χ2v) is 1.88. The number of carbonyl (C=O) groups is 1. The van der Waals surface area contributed by atoms with Gasteiger partial charge in [-0.2, -0.15) is 0 Å². The van der Waals surface area contributed by atoms with Gasteiger partial charge in [0.1, 0.15) is 0 Å². The van der Waals surface area contributed by atoms with Gasteiger partial charge in [0.2, 0.25) is 0 Å². The molecule has 0 amide bonds. The number of hydrogen-bond donors (Lipinski definition) is 2. The van der Waals surface area contributed by atoms with Gasteiger partial charge in [-0.25, -0.2) is 0 Å². The molecule has 1 unspecified atom stereocenters. The quantitative estimate of drug-likeness (QED) is 0.496. The Bertz CT molecular complexity index is 314. The van der Waals surface area contributed by atoms with Crippen LogP contribution in [0.15, 0.2) is 0 Å². The summed E-state index contributed by atoms with van der Waals surface area (Å²) in [7, 11) is 0. The van der Waals surface area contributed by atoms with Crippen LogP contribution in [0.25, 0.3) is 0 Å². The number of carboxylic acid groups (broad SMARTS) is 1. The van der Waals surface area contributed by atoms with Crippen LogP contribution in [0.3, 0.4) is 0 Å². The van der Waals surface area contributed by atoms with E-state index in [1.807, 2.05) is 0 Å². The van der Waals surface area contributed by atoms with Crippen molar-refractivity contribution in [2.75, 3.05) is 6.61 Å². The average Bonchev–Trinajstić information content (AvgIpc) is 2.24. The fourth-order valence-electron chi connectivity index (χ4n) is 0.566. The minimum atomic E-state index is -3.24. The van der Waals surface area contributed by atoms with Crippen LogP contribution in [0.1, 0.15) is 43.5 Å². The van der Waals surface area contributed by atoms with Gasteiger partial charge < -0.3 is 11.6 Å². The fraction of sp³-hybridized carbons (Fsp3) is 0.875. The van der Waals surface area contributed by atoms with Crippen molar-refractivity contribution < 1.29 is 55.6 Å². The summed E-state index contributed by atoms with van der Waals surface area (Å²) in [5.41, 5.74) is 0. The predicted molar refractivity (Wildman–Crippen MR) is 43.5 cm³/mol. The molecule has 0 heterocycles. The first kappa shape index (κ1) is 5.35. The van der Waals surface area contributed by atoms with Crippen molar-refractivity contribution in [3.8, 4) is 0 Å². The summed E-state index contributed by atoms with van der Waals surface area (Å²) in [6.07, 6.45) is -7.16. The van der Waals surface area contributed by atoms with E-state index in [1.165, 1.54) is 0 Å². The van der Waals surface area contributed by atoms with Gasteiger partial charge in [0.15, 0.2) is 0 Å². The zero-order valence-electron chi connectivity index (χ0n) is 15.0. The Kier molecular flexibility index (Phi) is 4.24. The molecule has 0 radical (unpaired) electrons. The minimum Gasteiger partial charge on any atom is -1.00 e. The Morgan fingerprint density at radius 3 is 3.00 bits per heavy atom. The maximum absolute atomic E-state index is 11.0. The van der Waals surface area contributed by atoms with E-state index in [0.29, 0.717) is 0 Å². The molecule has 0 aliphatic heterocycles. The smallest absolute Gasteiger partial charge is 1.00 e. The second-order valence-electron chi connectivity index (χ2n) is 1.88. The average molecular weight is 191 g/mol. The molecule has 0 spiro atoms. The van der Waals surface area contributed by atoms with E-state index >= 15 is 0 Å². The third kappa shape index (κ3) is 7.10. The molecule has 2 N–H and O–H groups in total. The number of aliphatic hydroxyl groups is 1. The molecule has 0 fully saturated rings. The zero-order chi connectivity index (χ0) is 14.8. The fourth-order valence-corrected chi connectivity index (χ4v) is 0.566. The molecule has 0 aromatic carbocycles. The Hall–Kier alpha value is 0.430. The normalized spacial score (nSPS) is 25.7. The first-order valence-electron chi connectivity index (χ1n) is 6.79. The number of carboxylic acids is 1. The Balaban J connectivity index is -0.00000144. The van der Waals surface area contributed by atoms with Gasteiger partial charge >= 0.3 is 35.5 Å². The number of rotatable bonds is 6. The third-order valence-electron chi connectivity index (χ3n) is 1.07. The predicted octanol–water partition coefficient (Wildman–Crippen LogP) is -1.62. The number of aliphatic hydroxyl groups excluding tert-OH is 1. The van der Waals surface area contributed by atoms with Gasteiger partial charge in [0.25, 0.3) is 0 Å². The van der Waals surface area contributed by atoms with Crippen molar-refractivity contribution in [1.82, 2.24) is 0 Å². The molecule has 1 atom stereocenters. The zero-order valence-corrected chi connectivity index (χ0v) is 9.00. The summed E-state index contributed by atoms with van der Waals surface area (Å²) in [5.74, 6) is -4.75. The van der Waals surface area contributed by atoms with Crippen molar-refractivity contribution in [3.05, 3.63) is 0 Å². The molecule has 3 nitrogen and oxygen atoms in total. The first-order valence-corrected chi connectivity index (χ1v) is 3.14. The molecule has 0 bridgehead atoms. The van der Waals surface area contributed by atoms with Gasteiger partial charge in [-0.15, -0.1) is 0 Å². The molecule has 0 aliphatic rings. The topological polar surface area (TPSA) is 57.5 Å². The summed E-state index contributed by atoms with van der Waals surface area (Å²) >= 11 is 0. The van der Waals surface area contributed by atoms with Gasteiger partial charge in [-0.1, -0.05) is 13.2 Å². The standard InChI is InChI=1S/C8H16O3.Na.H/c1-2-4-7(8(10)11)5-3-6-9;;/h7,9H,2-6H2,1H3,(H,10,11);;/q;+1;-1/i1D2,2D2,4D2,7D;;. The first-order chi connectivity index (χ1) is 7.95. The molecule has 0 saturated carbocycles. The van der Waals surface area contributed by atoms with Gasteiger partial charge in [-0.3, -0.25) is 4.79 Å². The number of hydrogen-bond acceptors (Lipinski definition) is 2. The second kappa shape index (κ2) is 9.52. The molecule has 68 valence electrons. The minimum absolute atomic E-state index is 0. The van der Waals surface area contributed by atoms with E-state index in [0.717, 1.165) is 0 Å². The SMILES string of the molecule is [2H]C([2H])C([2H])([2H])C([2H])([2H])C([2H])(CCCO)C(=O)O.[H-].[Na+]. The van der Waals surface area contributed by atoms with Crippen LogP contribution in [-0.4, -0.2) is 22.8 Å². The van der Waals surface area contributed by atoms with E-state index in [9.17, 15) is 4.79 Å². The van der Waals surface area contributed by atoms with E-state index < -0.39 is 44.5 Å². The van der Waals surface area contributed by atoms with E-state index in [1.54, 1.807) is 0 Å². The van der Waals surface area contributed by atoms with Crippen LogP contribution in [0.4, 0.5) is 0 Å². The third-order valence-corrected chi connectivity index (χ3v) is 1.07. The molecule has 0 aromatic rings. The summed E-state index contributed by atoms with van der Waals surface area (Å²) in [4.78, 5) is 11.0. The van der Waals surface area contributed by atoms with Crippen LogP contribution in [-0.2, 0) is 4.79 Å². The largest absolute Gasteiger partial charge is 1.00 e. The molecule has 0 saturated heterocycles. The molecule has 4 heteroatoms. The Labute approximate surface area is 107 Å². The summed E-state index contributed by atoms with van der Waals surface area (Å²) in [6.45, 7) is -2.73. The van der Waals surface area contributed by atoms with Gasteiger partial charge in [0, 0.05) is 16.2 Å². The van der Waals surface area contributed by atoms with Crippen molar-refractivity contribution in [2.45, 2.75) is 32.5 Å². The van der Waals surface area contributed by atoms with Crippen LogP contribution < -0.4 is 29.6 Å². The molecule has 0 rings (SSSR count). The van der Waals surface area contributed by atoms with Crippen molar-refractivity contribution >= 4 is 5.97 Å². The van der Waals surface area contributed by atoms with Crippen molar-refractivity contribution in [2.24, 2.45) is 5.89 Å². The van der Waals surface area contributed by atoms with Crippen LogP contribution in [0.5, 0.6) is 0 Å². The number of aliphatic carboxylic acids is 1. The van der Waals surface area contributed by atoms with Gasteiger partial charge in [-0.05, 0) is 19.2 Å². The molecular weight excluding hydrogens is 167 g/mol. The van der Waals surface area contributed by atoms with Crippen molar-refractivity contribution in [1.29, 1.82) is 0 Å². The van der Waals surface area contributed by atoms with Crippen LogP contribution >= 0.6 is 0 Å².